The second-order valence-corrected chi connectivity index (χ2v) is 14.6. The Morgan fingerprint density at radius 1 is 0.860 bits per heavy atom. The van der Waals surface area contributed by atoms with Crippen LogP contribution in [0.4, 0.5) is 23.2 Å². The molecule has 17 heteroatoms. The number of anilines is 1. The summed E-state index contributed by atoms with van der Waals surface area (Å²) in [5.41, 5.74) is 1.45. The van der Waals surface area contributed by atoms with Gasteiger partial charge in [0, 0.05) is 41.2 Å². The molecule has 2 heterocycles. The number of carbonyl (C=O) groups excluding carboxylic acids is 4. The molecule has 3 aromatic rings. The molecular weight excluding hydrogens is 760 g/mol. The fraction of sp³-hybridized carbons (Fsp3) is 0.450. The van der Waals surface area contributed by atoms with Gasteiger partial charge in [-0.05, 0) is 73.7 Å². The summed E-state index contributed by atoms with van der Waals surface area (Å²) in [5, 5.41) is 31.4. The summed E-state index contributed by atoms with van der Waals surface area (Å²) in [4.78, 5) is 57.2. The Balaban J connectivity index is 1.05. The van der Waals surface area contributed by atoms with Crippen molar-refractivity contribution in [3.8, 4) is 5.75 Å². The largest absolute Gasteiger partial charge is 0.573 e. The SMILES string of the molecule is O=C(CCC(=O)N(C1CC1)C1c2cc(F)ccc2N(C(=O)c2ccc(OC(F)(F)F)cc2)C2CCCC21)OC1OC(C(=O)OCc2ccccc2)C(O)C(O)C1O. The van der Waals surface area contributed by atoms with Crippen LogP contribution in [0, 0.1) is 11.7 Å². The molecule has 0 aromatic heterocycles. The summed E-state index contributed by atoms with van der Waals surface area (Å²) in [6, 6.07) is 15.7. The highest BCUT2D eigenvalue weighted by atomic mass is 19.4. The quantitative estimate of drug-likeness (QED) is 0.185. The fourth-order valence-electron chi connectivity index (χ4n) is 8.02. The number of nitrogens with zero attached hydrogens (tertiary/aromatic N) is 2. The Labute approximate surface area is 323 Å². The zero-order valence-corrected chi connectivity index (χ0v) is 30.3. The highest BCUT2D eigenvalue weighted by Crippen LogP contribution is 2.53. The third kappa shape index (κ3) is 8.76. The minimum absolute atomic E-state index is 0.0852. The summed E-state index contributed by atoms with van der Waals surface area (Å²) in [6.07, 6.45) is -12.2. The highest BCUT2D eigenvalue weighted by molar-refractivity contribution is 6.07. The molecule has 2 aliphatic carbocycles. The molecule has 2 amide bonds. The van der Waals surface area contributed by atoms with Crippen LogP contribution in [0.25, 0.3) is 0 Å². The van der Waals surface area contributed by atoms with E-state index in [9.17, 15) is 47.7 Å². The summed E-state index contributed by atoms with van der Waals surface area (Å²) < 4.78 is 73.1. The molecule has 2 aliphatic heterocycles. The highest BCUT2D eigenvalue weighted by Gasteiger charge is 2.52. The summed E-state index contributed by atoms with van der Waals surface area (Å²) in [5.74, 6) is -4.50. The van der Waals surface area contributed by atoms with Gasteiger partial charge in [0.15, 0.2) is 6.10 Å². The molecule has 3 aromatic carbocycles. The van der Waals surface area contributed by atoms with Crippen LogP contribution in [0.2, 0.25) is 0 Å². The second-order valence-electron chi connectivity index (χ2n) is 14.6. The molecule has 8 atom stereocenters. The lowest BCUT2D eigenvalue weighted by Crippen LogP contribution is -2.60. The Bertz CT molecular complexity index is 1960. The summed E-state index contributed by atoms with van der Waals surface area (Å²) in [7, 11) is 0. The number of esters is 2. The van der Waals surface area contributed by atoms with Gasteiger partial charge < -0.3 is 44.1 Å². The molecule has 304 valence electrons. The maximum atomic E-state index is 15.0. The predicted molar refractivity (Wildman–Crippen MR) is 188 cm³/mol. The molecule has 4 aliphatic rings. The Hall–Kier alpha value is -5.10. The second kappa shape index (κ2) is 16.4. The van der Waals surface area contributed by atoms with E-state index in [0.717, 1.165) is 12.1 Å². The average Bonchev–Trinajstić information content (AvgIpc) is 3.91. The van der Waals surface area contributed by atoms with E-state index in [-0.39, 0.29) is 30.6 Å². The van der Waals surface area contributed by atoms with Crippen LogP contribution in [0.3, 0.4) is 0 Å². The van der Waals surface area contributed by atoms with Crippen molar-refractivity contribution in [3.05, 3.63) is 95.3 Å². The minimum atomic E-state index is -4.91. The molecule has 0 spiro atoms. The van der Waals surface area contributed by atoms with E-state index in [0.29, 0.717) is 48.9 Å². The number of hydrogen-bond donors (Lipinski definition) is 3. The topological polar surface area (TPSA) is 172 Å². The van der Waals surface area contributed by atoms with Crippen molar-refractivity contribution < 1.29 is 71.0 Å². The Kier molecular flexibility index (Phi) is 11.5. The van der Waals surface area contributed by atoms with Crippen molar-refractivity contribution in [3.63, 3.8) is 0 Å². The molecule has 3 N–H and O–H groups in total. The first-order valence-corrected chi connectivity index (χ1v) is 18.6. The van der Waals surface area contributed by atoms with E-state index in [2.05, 4.69) is 4.74 Å². The number of halogens is 4. The maximum absolute atomic E-state index is 15.0. The lowest BCUT2D eigenvalue weighted by Gasteiger charge is -2.48. The number of amides is 2. The van der Waals surface area contributed by atoms with Gasteiger partial charge in [0.1, 0.15) is 36.5 Å². The van der Waals surface area contributed by atoms with Gasteiger partial charge in [-0.2, -0.15) is 0 Å². The number of rotatable bonds is 11. The van der Waals surface area contributed by atoms with Crippen LogP contribution in [-0.4, -0.2) is 93.1 Å². The first-order valence-electron chi connectivity index (χ1n) is 18.6. The summed E-state index contributed by atoms with van der Waals surface area (Å²) >= 11 is 0. The molecule has 0 radical (unpaired) electrons. The van der Waals surface area contributed by atoms with Gasteiger partial charge in [-0.3, -0.25) is 14.4 Å². The molecule has 13 nitrogen and oxygen atoms in total. The molecule has 2 saturated carbocycles. The Morgan fingerprint density at radius 2 is 1.58 bits per heavy atom. The van der Waals surface area contributed by atoms with Crippen LogP contribution in [-0.2, 0) is 35.2 Å². The van der Waals surface area contributed by atoms with E-state index in [1.54, 1.807) is 35.2 Å². The van der Waals surface area contributed by atoms with Gasteiger partial charge >= 0.3 is 18.3 Å². The van der Waals surface area contributed by atoms with Crippen LogP contribution < -0.4 is 9.64 Å². The van der Waals surface area contributed by atoms with Crippen molar-refractivity contribution in [2.24, 2.45) is 5.92 Å². The zero-order chi connectivity index (χ0) is 40.6. The number of fused-ring (bicyclic) bond motifs is 2. The summed E-state index contributed by atoms with van der Waals surface area (Å²) in [6.45, 7) is -0.180. The van der Waals surface area contributed by atoms with E-state index >= 15 is 4.39 Å². The van der Waals surface area contributed by atoms with Crippen LogP contribution in [0.15, 0.2) is 72.8 Å². The van der Waals surface area contributed by atoms with E-state index in [1.165, 1.54) is 35.2 Å². The van der Waals surface area contributed by atoms with E-state index in [1.807, 2.05) is 0 Å². The zero-order valence-electron chi connectivity index (χ0n) is 30.3. The number of aliphatic hydroxyl groups is 3. The molecular formula is C40H40F4N2O11. The first kappa shape index (κ1) is 40.1. The van der Waals surface area contributed by atoms with Crippen molar-refractivity contribution in [1.82, 2.24) is 4.90 Å². The third-order valence-corrected chi connectivity index (χ3v) is 10.7. The van der Waals surface area contributed by atoms with Gasteiger partial charge in [0.25, 0.3) is 5.91 Å². The molecule has 1 saturated heterocycles. The molecule has 7 rings (SSSR count). The smallest absolute Gasteiger partial charge is 0.459 e. The van der Waals surface area contributed by atoms with Crippen LogP contribution >= 0.6 is 0 Å². The third-order valence-electron chi connectivity index (χ3n) is 10.7. The van der Waals surface area contributed by atoms with Crippen molar-refractivity contribution in [2.75, 3.05) is 4.90 Å². The van der Waals surface area contributed by atoms with Gasteiger partial charge in [0.2, 0.25) is 12.2 Å². The molecule has 3 fully saturated rings. The van der Waals surface area contributed by atoms with Gasteiger partial charge in [0.05, 0.1) is 12.5 Å². The first-order chi connectivity index (χ1) is 27.2. The lowest BCUT2D eigenvalue weighted by atomic mass is 9.81. The van der Waals surface area contributed by atoms with Crippen molar-refractivity contribution in [1.29, 1.82) is 0 Å². The number of ether oxygens (including phenoxy) is 4. The number of benzene rings is 3. The van der Waals surface area contributed by atoms with E-state index in [4.69, 9.17) is 14.2 Å². The molecule has 57 heavy (non-hydrogen) atoms. The van der Waals surface area contributed by atoms with Crippen LogP contribution in [0.5, 0.6) is 5.75 Å². The minimum Gasteiger partial charge on any atom is -0.459 e. The number of aliphatic hydroxyl groups excluding tert-OH is 3. The molecule has 8 unspecified atom stereocenters. The predicted octanol–water partition coefficient (Wildman–Crippen LogP) is 4.46. The lowest BCUT2D eigenvalue weighted by molar-refractivity contribution is -0.287. The monoisotopic (exact) mass is 800 g/mol. The number of alkyl halides is 3. The Morgan fingerprint density at radius 3 is 2.26 bits per heavy atom. The molecule has 0 bridgehead atoms. The van der Waals surface area contributed by atoms with Crippen molar-refractivity contribution in [2.45, 2.75) is 107 Å². The standard InChI is InChI=1S/C40H40F4N2O11/c41-23-11-16-29-27(19-23)32(26-7-4-8-28(26)46(29)37(52)22-9-14-25(15-10-22)57-40(42,43)44)45(24-12-13-24)30(47)17-18-31(48)55-39-35(51)33(49)34(50)36(56-39)38(53)54-20-21-5-2-1-3-6-21/h1-3,5-6,9-11,14-16,19,24,26,28,32-36,39,49-51H,4,7-8,12-13,17-18,20H2. The van der Waals surface area contributed by atoms with Crippen molar-refractivity contribution >= 4 is 29.4 Å². The van der Waals surface area contributed by atoms with Gasteiger partial charge in [-0.15, -0.1) is 13.2 Å². The van der Waals surface area contributed by atoms with Gasteiger partial charge in [-0.1, -0.05) is 36.8 Å². The number of carbonyl (C=O) groups is 4. The maximum Gasteiger partial charge on any atom is 0.573 e. The van der Waals surface area contributed by atoms with Gasteiger partial charge in [-0.25, -0.2) is 9.18 Å². The fourth-order valence-corrected chi connectivity index (χ4v) is 8.02. The van der Waals surface area contributed by atoms with Crippen LogP contribution in [0.1, 0.15) is 72.5 Å². The number of hydrogen-bond acceptors (Lipinski definition) is 11. The van der Waals surface area contributed by atoms with E-state index < -0.39 is 90.9 Å². The average molecular weight is 801 g/mol. The normalized spacial score (nSPS) is 26.8.